The summed E-state index contributed by atoms with van der Waals surface area (Å²) in [6.45, 7) is 1.93. The highest BCUT2D eigenvalue weighted by Gasteiger charge is 2.18. The molecule has 0 aliphatic heterocycles. The van der Waals surface area contributed by atoms with Crippen LogP contribution in [0.4, 0.5) is 11.4 Å². The molecule has 3 aromatic carbocycles. The zero-order chi connectivity index (χ0) is 24.4. The maximum atomic E-state index is 13.4. The molecule has 0 aliphatic carbocycles. The average Bonchev–Trinajstić information content (AvgIpc) is 2.81. The van der Waals surface area contributed by atoms with Crippen LogP contribution in [0.1, 0.15) is 5.56 Å². The summed E-state index contributed by atoms with van der Waals surface area (Å²) < 4.78 is 1.49. The lowest BCUT2D eigenvalue weighted by Gasteiger charge is -2.18. The van der Waals surface area contributed by atoms with Crippen molar-refractivity contribution in [3.8, 4) is 5.69 Å². The second kappa shape index (κ2) is 9.66. The van der Waals surface area contributed by atoms with Gasteiger partial charge in [-0.2, -0.15) is 0 Å². The van der Waals surface area contributed by atoms with E-state index in [2.05, 4.69) is 4.98 Å². The number of nitro groups is 1. The lowest BCUT2D eigenvalue weighted by Crippen LogP contribution is -2.28. The highest BCUT2D eigenvalue weighted by Crippen LogP contribution is 2.25. The van der Waals surface area contributed by atoms with Gasteiger partial charge in [-0.05, 0) is 55.0 Å². The smallest absolute Gasteiger partial charge is 0.269 e. The minimum absolute atomic E-state index is 0.00217. The molecule has 0 fully saturated rings. The molecule has 0 saturated carbocycles. The maximum Gasteiger partial charge on any atom is 0.269 e. The van der Waals surface area contributed by atoms with Crippen LogP contribution in [0.15, 0.2) is 76.7 Å². The summed E-state index contributed by atoms with van der Waals surface area (Å²) in [5.74, 6) is -0.257. The molecule has 0 bridgehead atoms. The van der Waals surface area contributed by atoms with Crippen LogP contribution >= 0.6 is 23.4 Å². The number of anilines is 1. The van der Waals surface area contributed by atoms with E-state index in [1.807, 2.05) is 31.2 Å². The summed E-state index contributed by atoms with van der Waals surface area (Å²) in [4.78, 5) is 42.7. The van der Waals surface area contributed by atoms with Gasteiger partial charge in [-0.15, -0.1) is 0 Å². The van der Waals surface area contributed by atoms with Gasteiger partial charge in [0.15, 0.2) is 5.16 Å². The lowest BCUT2D eigenvalue weighted by molar-refractivity contribution is -0.384. The average molecular weight is 495 g/mol. The molecule has 0 saturated heterocycles. The highest BCUT2D eigenvalue weighted by atomic mass is 35.5. The second-order valence-electron chi connectivity index (χ2n) is 7.55. The van der Waals surface area contributed by atoms with E-state index in [0.29, 0.717) is 32.5 Å². The Balaban J connectivity index is 1.67. The largest absolute Gasteiger partial charge is 0.315 e. The molecule has 4 rings (SSSR count). The quantitative estimate of drug-likeness (QED) is 0.162. The van der Waals surface area contributed by atoms with E-state index < -0.39 is 4.92 Å². The Morgan fingerprint density at radius 3 is 2.56 bits per heavy atom. The summed E-state index contributed by atoms with van der Waals surface area (Å²) in [5, 5.41) is 12.1. The molecule has 0 N–H and O–H groups in total. The van der Waals surface area contributed by atoms with Crippen molar-refractivity contribution in [3.05, 3.63) is 97.8 Å². The Morgan fingerprint density at radius 1 is 1.15 bits per heavy atom. The van der Waals surface area contributed by atoms with Crippen molar-refractivity contribution < 1.29 is 9.72 Å². The Bertz CT molecular complexity index is 1470. The van der Waals surface area contributed by atoms with Crippen LogP contribution in [-0.4, -0.2) is 33.2 Å². The molecule has 0 unspecified atom stereocenters. The van der Waals surface area contributed by atoms with Crippen molar-refractivity contribution in [3.63, 3.8) is 0 Å². The van der Waals surface area contributed by atoms with E-state index in [1.165, 1.54) is 33.7 Å². The molecule has 1 heterocycles. The van der Waals surface area contributed by atoms with Gasteiger partial charge in [0.05, 0.1) is 27.3 Å². The van der Waals surface area contributed by atoms with Crippen LogP contribution in [0.2, 0.25) is 5.02 Å². The molecule has 8 nitrogen and oxygen atoms in total. The van der Waals surface area contributed by atoms with E-state index >= 15 is 0 Å². The van der Waals surface area contributed by atoms with E-state index in [4.69, 9.17) is 11.6 Å². The number of thioether (sulfide) groups is 1. The molecule has 0 spiro atoms. The fourth-order valence-electron chi connectivity index (χ4n) is 3.40. The number of aromatic nitrogens is 2. The third-order valence-corrected chi connectivity index (χ3v) is 6.37. The molecule has 172 valence electrons. The SMILES string of the molecule is Cc1cccc(-n2c(SCC(=O)N(C)c3ccc([N+](=O)[O-])cc3)nc3cc(Cl)ccc3c2=O)c1. The molecular formula is C24H19ClN4O4S. The summed E-state index contributed by atoms with van der Waals surface area (Å²) in [6.07, 6.45) is 0. The van der Waals surface area contributed by atoms with Crippen molar-refractivity contribution in [2.75, 3.05) is 17.7 Å². The molecule has 1 aromatic heterocycles. The number of halogens is 1. The van der Waals surface area contributed by atoms with E-state index in [0.717, 1.165) is 17.3 Å². The van der Waals surface area contributed by atoms with Gasteiger partial charge in [-0.25, -0.2) is 4.98 Å². The molecule has 0 aliphatic rings. The Kier molecular flexibility index (Phi) is 6.67. The zero-order valence-electron chi connectivity index (χ0n) is 18.3. The van der Waals surface area contributed by atoms with Gasteiger partial charge in [0, 0.05) is 29.9 Å². The van der Waals surface area contributed by atoms with Crippen LogP contribution in [0.5, 0.6) is 0 Å². The zero-order valence-corrected chi connectivity index (χ0v) is 19.8. The number of benzene rings is 3. The lowest BCUT2D eigenvalue weighted by atomic mass is 10.2. The van der Waals surface area contributed by atoms with Gasteiger partial charge in [0.2, 0.25) is 5.91 Å². The molecule has 4 aromatic rings. The number of nitrogens with zero attached hydrogens (tertiary/aromatic N) is 4. The van der Waals surface area contributed by atoms with Gasteiger partial charge in [-0.1, -0.05) is 35.5 Å². The Labute approximate surface area is 203 Å². The van der Waals surface area contributed by atoms with Crippen LogP contribution in [0.3, 0.4) is 0 Å². The molecular weight excluding hydrogens is 476 g/mol. The molecule has 1 amide bonds. The highest BCUT2D eigenvalue weighted by molar-refractivity contribution is 7.99. The first-order chi connectivity index (χ1) is 16.2. The summed E-state index contributed by atoms with van der Waals surface area (Å²) >= 11 is 7.24. The fraction of sp³-hybridized carbons (Fsp3) is 0.125. The fourth-order valence-corrected chi connectivity index (χ4v) is 4.49. The molecule has 0 radical (unpaired) electrons. The number of rotatable bonds is 6. The predicted molar refractivity (Wildman–Crippen MR) is 134 cm³/mol. The molecule has 10 heteroatoms. The van der Waals surface area contributed by atoms with Gasteiger partial charge in [0.1, 0.15) is 0 Å². The minimum Gasteiger partial charge on any atom is -0.315 e. The topological polar surface area (TPSA) is 98.3 Å². The summed E-state index contributed by atoms with van der Waals surface area (Å²) in [5.41, 5.74) is 2.27. The van der Waals surface area contributed by atoms with E-state index in [1.54, 1.807) is 25.2 Å². The first-order valence-electron chi connectivity index (χ1n) is 10.2. The normalized spacial score (nSPS) is 10.9. The number of carbonyl (C=O) groups is 1. The van der Waals surface area contributed by atoms with Gasteiger partial charge in [-0.3, -0.25) is 24.3 Å². The van der Waals surface area contributed by atoms with Gasteiger partial charge < -0.3 is 4.90 Å². The minimum atomic E-state index is -0.496. The number of hydrogen-bond donors (Lipinski definition) is 0. The summed E-state index contributed by atoms with van der Waals surface area (Å²) in [6, 6.07) is 18.1. The first kappa shape index (κ1) is 23.5. The van der Waals surface area contributed by atoms with Crippen LogP contribution < -0.4 is 10.5 Å². The second-order valence-corrected chi connectivity index (χ2v) is 8.93. The van der Waals surface area contributed by atoms with Gasteiger partial charge in [0.25, 0.3) is 11.2 Å². The number of non-ortho nitro benzene ring substituents is 1. The number of carbonyl (C=O) groups excluding carboxylic acids is 1. The number of amides is 1. The van der Waals surface area contributed by atoms with Crippen molar-refractivity contribution in [2.24, 2.45) is 0 Å². The van der Waals surface area contributed by atoms with Crippen LogP contribution in [-0.2, 0) is 4.79 Å². The number of fused-ring (bicyclic) bond motifs is 1. The third kappa shape index (κ3) is 4.80. The van der Waals surface area contributed by atoms with Gasteiger partial charge >= 0.3 is 0 Å². The van der Waals surface area contributed by atoms with Crippen molar-refractivity contribution in [2.45, 2.75) is 12.1 Å². The van der Waals surface area contributed by atoms with E-state index in [9.17, 15) is 19.7 Å². The van der Waals surface area contributed by atoms with Crippen LogP contribution in [0.25, 0.3) is 16.6 Å². The van der Waals surface area contributed by atoms with Crippen molar-refractivity contribution in [1.82, 2.24) is 9.55 Å². The monoisotopic (exact) mass is 494 g/mol. The third-order valence-electron chi connectivity index (χ3n) is 5.21. The molecule has 34 heavy (non-hydrogen) atoms. The maximum absolute atomic E-state index is 13.4. The van der Waals surface area contributed by atoms with Crippen molar-refractivity contribution >= 4 is 51.5 Å². The number of hydrogen-bond acceptors (Lipinski definition) is 6. The standard InChI is InChI=1S/C24H19ClN4O4S/c1-15-4-3-5-19(12-15)28-23(31)20-11-6-16(25)13-21(20)26-24(28)34-14-22(30)27(2)17-7-9-18(10-8-17)29(32)33/h3-13H,14H2,1-2H3. The predicted octanol–water partition coefficient (Wildman–Crippen LogP) is 5.01. The molecule has 0 atom stereocenters. The van der Waals surface area contributed by atoms with Crippen molar-refractivity contribution in [1.29, 1.82) is 0 Å². The van der Waals surface area contributed by atoms with Crippen LogP contribution in [0, 0.1) is 17.0 Å². The first-order valence-corrected chi connectivity index (χ1v) is 11.5. The number of aryl methyl sites for hydroxylation is 1. The Morgan fingerprint density at radius 2 is 1.88 bits per heavy atom. The van der Waals surface area contributed by atoms with E-state index in [-0.39, 0.29) is 22.9 Å². The summed E-state index contributed by atoms with van der Waals surface area (Å²) in [7, 11) is 1.59. The number of nitro benzene ring substituents is 1. The Hall–Kier alpha value is -3.69.